The minimum atomic E-state index is 0. The van der Waals surface area contributed by atoms with Crippen molar-refractivity contribution in [2.75, 3.05) is 20.1 Å². The van der Waals surface area contributed by atoms with Crippen LogP contribution in [-0.2, 0) is 17.9 Å². The first-order chi connectivity index (χ1) is 13.1. The highest BCUT2D eigenvalue weighted by Crippen LogP contribution is 2.26. The average Bonchev–Trinajstić information content (AvgIpc) is 3.35. The van der Waals surface area contributed by atoms with Gasteiger partial charge in [0, 0.05) is 38.8 Å². The van der Waals surface area contributed by atoms with Gasteiger partial charge in [0.05, 0.1) is 12.7 Å². The van der Waals surface area contributed by atoms with Crippen molar-refractivity contribution in [2.24, 2.45) is 4.99 Å². The van der Waals surface area contributed by atoms with Gasteiger partial charge in [-0.2, -0.15) is 0 Å². The van der Waals surface area contributed by atoms with E-state index in [1.165, 1.54) is 49.8 Å². The van der Waals surface area contributed by atoms with E-state index in [1.807, 2.05) is 7.05 Å². The summed E-state index contributed by atoms with van der Waals surface area (Å²) in [5.74, 6) is 0.900. The van der Waals surface area contributed by atoms with E-state index in [0.717, 1.165) is 25.1 Å². The van der Waals surface area contributed by atoms with E-state index >= 15 is 0 Å². The van der Waals surface area contributed by atoms with Crippen LogP contribution < -0.4 is 10.6 Å². The smallest absolute Gasteiger partial charge is 0.191 e. The summed E-state index contributed by atoms with van der Waals surface area (Å²) in [7, 11) is 1.85. The summed E-state index contributed by atoms with van der Waals surface area (Å²) < 4.78 is 5.71. The lowest BCUT2D eigenvalue weighted by molar-refractivity contribution is 0.0657. The van der Waals surface area contributed by atoms with E-state index in [-0.39, 0.29) is 30.1 Å². The number of halogens is 1. The van der Waals surface area contributed by atoms with Crippen LogP contribution in [0.4, 0.5) is 0 Å². The molecule has 3 rings (SSSR count). The third-order valence-corrected chi connectivity index (χ3v) is 5.66. The summed E-state index contributed by atoms with van der Waals surface area (Å²) in [6, 6.07) is 9.90. The molecule has 1 saturated heterocycles. The van der Waals surface area contributed by atoms with Gasteiger partial charge in [-0.3, -0.25) is 9.89 Å². The minimum Gasteiger partial charge on any atom is -0.374 e. The summed E-state index contributed by atoms with van der Waals surface area (Å²) in [6.45, 7) is 7.94. The Balaban J connectivity index is 0.00000280. The van der Waals surface area contributed by atoms with Crippen molar-refractivity contribution in [3.63, 3.8) is 0 Å². The number of ether oxygens (including phenoxy) is 1. The van der Waals surface area contributed by atoms with Crippen LogP contribution in [0.15, 0.2) is 29.3 Å². The number of hydrogen-bond donors (Lipinski definition) is 2. The predicted octanol–water partition coefficient (Wildman–Crippen LogP) is 3.91. The van der Waals surface area contributed by atoms with Crippen LogP contribution in [0.5, 0.6) is 0 Å². The summed E-state index contributed by atoms with van der Waals surface area (Å²) >= 11 is 0. The molecule has 1 saturated carbocycles. The van der Waals surface area contributed by atoms with Gasteiger partial charge in [-0.05, 0) is 44.2 Å². The maximum absolute atomic E-state index is 5.71. The van der Waals surface area contributed by atoms with E-state index in [0.29, 0.717) is 12.6 Å². The average molecular weight is 500 g/mol. The van der Waals surface area contributed by atoms with E-state index in [9.17, 15) is 0 Å². The van der Waals surface area contributed by atoms with Gasteiger partial charge in [0.2, 0.25) is 0 Å². The van der Waals surface area contributed by atoms with Crippen LogP contribution in [0.3, 0.4) is 0 Å². The molecule has 0 amide bonds. The number of likely N-dealkylation sites (tertiary alicyclic amines) is 1. The van der Waals surface area contributed by atoms with Crippen LogP contribution >= 0.6 is 24.0 Å². The van der Waals surface area contributed by atoms with Crippen molar-refractivity contribution < 1.29 is 4.74 Å². The van der Waals surface area contributed by atoms with Crippen molar-refractivity contribution in [3.05, 3.63) is 35.4 Å². The zero-order valence-corrected chi connectivity index (χ0v) is 19.9. The molecule has 5 nitrogen and oxygen atoms in total. The predicted molar refractivity (Wildman–Crippen MR) is 127 cm³/mol. The van der Waals surface area contributed by atoms with Gasteiger partial charge in [0.25, 0.3) is 0 Å². The number of guanidine groups is 1. The SMILES string of the molecule is CN=C(NCc1cccc(COC(C)C)c1)NC1CCN(C2CCCC2)C1.I. The molecule has 1 aromatic carbocycles. The highest BCUT2D eigenvalue weighted by molar-refractivity contribution is 14.0. The Morgan fingerprint density at radius 2 is 1.96 bits per heavy atom. The van der Waals surface area contributed by atoms with E-state index in [1.54, 1.807) is 0 Å². The Morgan fingerprint density at radius 3 is 2.68 bits per heavy atom. The molecule has 2 aliphatic rings. The number of aliphatic imine (C=N–C) groups is 1. The molecule has 28 heavy (non-hydrogen) atoms. The number of nitrogens with zero attached hydrogens (tertiary/aromatic N) is 2. The summed E-state index contributed by atoms with van der Waals surface area (Å²) in [5.41, 5.74) is 2.47. The van der Waals surface area contributed by atoms with Crippen molar-refractivity contribution in [3.8, 4) is 0 Å². The molecule has 1 heterocycles. The molecule has 158 valence electrons. The Labute approximate surface area is 187 Å². The Hall–Kier alpha value is -0.860. The molecule has 1 unspecified atom stereocenters. The van der Waals surface area contributed by atoms with Crippen molar-refractivity contribution >= 4 is 29.9 Å². The fraction of sp³-hybridized carbons (Fsp3) is 0.682. The number of hydrogen-bond acceptors (Lipinski definition) is 3. The molecule has 1 aliphatic carbocycles. The minimum absolute atomic E-state index is 0. The second-order valence-electron chi connectivity index (χ2n) is 8.17. The van der Waals surface area contributed by atoms with Crippen molar-refractivity contribution in [2.45, 2.75) is 77.3 Å². The molecule has 1 atom stereocenters. The number of benzene rings is 1. The zero-order chi connectivity index (χ0) is 19.1. The first-order valence-electron chi connectivity index (χ1n) is 10.5. The third kappa shape index (κ3) is 7.19. The Bertz CT molecular complexity index is 616. The van der Waals surface area contributed by atoms with Crippen LogP contribution in [0.2, 0.25) is 0 Å². The molecule has 2 fully saturated rings. The molecule has 6 heteroatoms. The van der Waals surface area contributed by atoms with Crippen LogP contribution in [-0.4, -0.2) is 49.2 Å². The topological polar surface area (TPSA) is 48.9 Å². The molecule has 2 N–H and O–H groups in total. The molecular weight excluding hydrogens is 463 g/mol. The fourth-order valence-corrected chi connectivity index (χ4v) is 4.17. The Kier molecular flexibility index (Phi) is 10.0. The largest absolute Gasteiger partial charge is 0.374 e. The van der Waals surface area contributed by atoms with Gasteiger partial charge in [-0.25, -0.2) is 0 Å². The molecule has 1 aliphatic heterocycles. The second kappa shape index (κ2) is 12.0. The van der Waals surface area contributed by atoms with Gasteiger partial charge < -0.3 is 15.4 Å². The number of nitrogens with one attached hydrogen (secondary N) is 2. The van der Waals surface area contributed by atoms with Crippen LogP contribution in [0.25, 0.3) is 0 Å². The quantitative estimate of drug-likeness (QED) is 0.339. The molecule has 0 bridgehead atoms. The monoisotopic (exact) mass is 500 g/mol. The standard InChI is InChI=1S/C22H36N4O.HI/c1-17(2)27-16-19-8-6-7-18(13-19)14-24-22(23-3)25-20-11-12-26(15-20)21-9-4-5-10-21;/h6-8,13,17,20-21H,4-5,9-12,14-16H2,1-3H3,(H2,23,24,25);1H. The maximum atomic E-state index is 5.71. The maximum Gasteiger partial charge on any atom is 0.191 e. The van der Waals surface area contributed by atoms with E-state index in [4.69, 9.17) is 4.74 Å². The summed E-state index contributed by atoms with van der Waals surface area (Å²) in [5, 5.41) is 7.09. The first-order valence-corrected chi connectivity index (χ1v) is 10.5. The fourth-order valence-electron chi connectivity index (χ4n) is 4.17. The summed E-state index contributed by atoms with van der Waals surface area (Å²) in [6.07, 6.45) is 7.05. The van der Waals surface area contributed by atoms with Crippen molar-refractivity contribution in [1.29, 1.82) is 0 Å². The molecule has 0 radical (unpaired) electrons. The lowest BCUT2D eigenvalue weighted by atomic mass is 10.1. The highest BCUT2D eigenvalue weighted by Gasteiger charge is 2.30. The molecule has 0 spiro atoms. The normalized spacial score (nSPS) is 21.1. The summed E-state index contributed by atoms with van der Waals surface area (Å²) in [4.78, 5) is 7.10. The zero-order valence-electron chi connectivity index (χ0n) is 17.6. The second-order valence-corrected chi connectivity index (χ2v) is 8.17. The van der Waals surface area contributed by atoms with Gasteiger partial charge >= 0.3 is 0 Å². The van der Waals surface area contributed by atoms with Gasteiger partial charge in [0.1, 0.15) is 0 Å². The lowest BCUT2D eigenvalue weighted by Gasteiger charge is -2.24. The van der Waals surface area contributed by atoms with Gasteiger partial charge in [-0.15, -0.1) is 24.0 Å². The third-order valence-electron chi connectivity index (χ3n) is 5.66. The first kappa shape index (κ1) is 23.4. The van der Waals surface area contributed by atoms with Gasteiger partial charge in [0.15, 0.2) is 5.96 Å². The highest BCUT2D eigenvalue weighted by atomic mass is 127. The van der Waals surface area contributed by atoms with Crippen molar-refractivity contribution in [1.82, 2.24) is 15.5 Å². The number of rotatable bonds is 7. The van der Waals surface area contributed by atoms with Crippen LogP contribution in [0.1, 0.15) is 57.1 Å². The van der Waals surface area contributed by atoms with Gasteiger partial charge in [-0.1, -0.05) is 37.1 Å². The lowest BCUT2D eigenvalue weighted by Crippen LogP contribution is -2.45. The molecular formula is C22H37IN4O. The van der Waals surface area contributed by atoms with E-state index in [2.05, 4.69) is 58.6 Å². The van der Waals surface area contributed by atoms with Crippen LogP contribution in [0, 0.1) is 0 Å². The van der Waals surface area contributed by atoms with E-state index < -0.39 is 0 Å². The molecule has 1 aromatic rings. The molecule has 0 aromatic heterocycles. The Morgan fingerprint density at radius 1 is 1.21 bits per heavy atom.